The first-order valence-electron chi connectivity index (χ1n) is 10.5. The molecule has 152 valence electrons. The van der Waals surface area contributed by atoms with Crippen molar-refractivity contribution in [1.82, 2.24) is 9.55 Å². The summed E-state index contributed by atoms with van der Waals surface area (Å²) < 4.78 is 2.17. The van der Waals surface area contributed by atoms with Gasteiger partial charge in [-0.1, -0.05) is 70.2 Å². The van der Waals surface area contributed by atoms with Gasteiger partial charge < -0.3 is 5.11 Å². The van der Waals surface area contributed by atoms with Gasteiger partial charge in [0.2, 0.25) is 0 Å². The van der Waals surface area contributed by atoms with Gasteiger partial charge in [-0.2, -0.15) is 0 Å². The van der Waals surface area contributed by atoms with E-state index in [9.17, 15) is 5.11 Å². The standard InChI is InChI=1S/C27H28N2O/c1-18(2)24-16-22(20-9-6-5-7-10-20)17-25(19(3)4)26(24)29-14-13-28-27(29)21-11-8-12-23(30)15-21/h5-19,30H,1-4H3. The molecule has 4 rings (SSSR count). The Balaban J connectivity index is 1.98. The molecule has 0 amide bonds. The lowest BCUT2D eigenvalue weighted by Crippen LogP contribution is -2.08. The van der Waals surface area contributed by atoms with Crippen molar-refractivity contribution in [3.63, 3.8) is 0 Å². The van der Waals surface area contributed by atoms with E-state index in [1.165, 1.54) is 27.9 Å². The molecule has 0 aliphatic rings. The van der Waals surface area contributed by atoms with Crippen LogP contribution in [-0.4, -0.2) is 14.7 Å². The molecule has 3 heteroatoms. The minimum absolute atomic E-state index is 0.245. The molecular formula is C27H28N2O. The van der Waals surface area contributed by atoms with Crippen LogP contribution in [0.15, 0.2) is 79.1 Å². The summed E-state index contributed by atoms with van der Waals surface area (Å²) in [5.41, 5.74) is 7.14. The summed E-state index contributed by atoms with van der Waals surface area (Å²) in [4.78, 5) is 4.64. The Morgan fingerprint density at radius 1 is 0.733 bits per heavy atom. The number of phenols is 1. The van der Waals surface area contributed by atoms with Crippen molar-refractivity contribution in [1.29, 1.82) is 0 Å². The molecular weight excluding hydrogens is 368 g/mol. The Morgan fingerprint density at radius 3 is 1.97 bits per heavy atom. The molecule has 0 aliphatic carbocycles. The fourth-order valence-electron chi connectivity index (χ4n) is 3.98. The molecule has 30 heavy (non-hydrogen) atoms. The third-order valence-electron chi connectivity index (χ3n) is 5.51. The van der Waals surface area contributed by atoms with E-state index in [1.807, 2.05) is 24.5 Å². The lowest BCUT2D eigenvalue weighted by Gasteiger charge is -2.23. The summed E-state index contributed by atoms with van der Waals surface area (Å²) in [6, 6.07) is 22.5. The Labute approximate surface area is 178 Å². The third kappa shape index (κ3) is 3.76. The lowest BCUT2D eigenvalue weighted by molar-refractivity contribution is 0.475. The molecule has 0 bridgehead atoms. The Morgan fingerprint density at radius 2 is 1.37 bits per heavy atom. The summed E-state index contributed by atoms with van der Waals surface area (Å²) >= 11 is 0. The van der Waals surface area contributed by atoms with Crippen LogP contribution in [0.5, 0.6) is 5.75 Å². The van der Waals surface area contributed by atoms with Crippen LogP contribution in [0.2, 0.25) is 0 Å². The number of aromatic nitrogens is 2. The normalized spacial score (nSPS) is 11.4. The Kier molecular flexibility index (Phi) is 5.45. The first kappa shape index (κ1) is 20.0. The van der Waals surface area contributed by atoms with Crippen LogP contribution in [0.4, 0.5) is 0 Å². The van der Waals surface area contributed by atoms with Crippen molar-refractivity contribution in [2.75, 3.05) is 0 Å². The van der Waals surface area contributed by atoms with Crippen LogP contribution < -0.4 is 0 Å². The Hall–Kier alpha value is -3.33. The molecule has 0 aliphatic heterocycles. The second-order valence-electron chi connectivity index (χ2n) is 8.35. The van der Waals surface area contributed by atoms with Crippen LogP contribution in [-0.2, 0) is 0 Å². The van der Waals surface area contributed by atoms with Gasteiger partial charge >= 0.3 is 0 Å². The largest absolute Gasteiger partial charge is 0.508 e. The van der Waals surface area contributed by atoms with E-state index in [2.05, 4.69) is 79.7 Å². The zero-order valence-corrected chi connectivity index (χ0v) is 18.0. The van der Waals surface area contributed by atoms with Crippen molar-refractivity contribution in [2.45, 2.75) is 39.5 Å². The number of aromatic hydroxyl groups is 1. The predicted octanol–water partition coefficient (Wildman–Crippen LogP) is 7.16. The lowest BCUT2D eigenvalue weighted by atomic mass is 9.88. The van der Waals surface area contributed by atoms with E-state index in [0.29, 0.717) is 11.8 Å². The zero-order chi connectivity index (χ0) is 21.3. The van der Waals surface area contributed by atoms with Crippen LogP contribution in [0.25, 0.3) is 28.2 Å². The van der Waals surface area contributed by atoms with Gasteiger partial charge in [-0.3, -0.25) is 4.57 Å². The summed E-state index contributed by atoms with van der Waals surface area (Å²) in [6.07, 6.45) is 3.85. The molecule has 3 nitrogen and oxygen atoms in total. The van der Waals surface area contributed by atoms with Gasteiger partial charge in [0, 0.05) is 18.0 Å². The molecule has 4 aromatic rings. The molecule has 0 saturated heterocycles. The van der Waals surface area contributed by atoms with E-state index in [-0.39, 0.29) is 5.75 Å². The van der Waals surface area contributed by atoms with E-state index in [0.717, 1.165) is 11.4 Å². The van der Waals surface area contributed by atoms with Crippen LogP contribution in [0.3, 0.4) is 0 Å². The van der Waals surface area contributed by atoms with E-state index in [1.54, 1.807) is 12.1 Å². The summed E-state index contributed by atoms with van der Waals surface area (Å²) in [7, 11) is 0. The van der Waals surface area contributed by atoms with Crippen molar-refractivity contribution in [2.24, 2.45) is 0 Å². The zero-order valence-electron chi connectivity index (χ0n) is 18.0. The first-order valence-corrected chi connectivity index (χ1v) is 10.5. The maximum Gasteiger partial charge on any atom is 0.144 e. The van der Waals surface area contributed by atoms with Crippen molar-refractivity contribution >= 4 is 0 Å². The number of hydrogen-bond acceptors (Lipinski definition) is 2. The van der Waals surface area contributed by atoms with E-state index >= 15 is 0 Å². The average Bonchev–Trinajstić information content (AvgIpc) is 3.23. The number of imidazole rings is 1. The summed E-state index contributed by atoms with van der Waals surface area (Å²) in [5.74, 6) is 1.78. The molecule has 0 saturated carbocycles. The second-order valence-corrected chi connectivity index (χ2v) is 8.35. The highest BCUT2D eigenvalue weighted by Crippen LogP contribution is 2.38. The molecule has 0 unspecified atom stereocenters. The molecule has 3 aromatic carbocycles. The summed E-state index contributed by atoms with van der Waals surface area (Å²) in [5, 5.41) is 9.98. The molecule has 0 atom stereocenters. The number of rotatable bonds is 5. The quantitative estimate of drug-likeness (QED) is 0.389. The highest BCUT2D eigenvalue weighted by Gasteiger charge is 2.20. The Bertz CT molecular complexity index is 1130. The highest BCUT2D eigenvalue weighted by molar-refractivity contribution is 5.71. The number of nitrogens with zero attached hydrogens (tertiary/aromatic N) is 2. The van der Waals surface area contributed by atoms with E-state index in [4.69, 9.17) is 0 Å². The van der Waals surface area contributed by atoms with Gasteiger partial charge in [-0.25, -0.2) is 4.98 Å². The van der Waals surface area contributed by atoms with Crippen molar-refractivity contribution < 1.29 is 5.11 Å². The predicted molar refractivity (Wildman–Crippen MR) is 124 cm³/mol. The summed E-state index contributed by atoms with van der Waals surface area (Å²) in [6.45, 7) is 8.96. The molecule has 1 N–H and O–H groups in total. The number of phenolic OH excluding ortho intramolecular Hbond substituents is 1. The SMILES string of the molecule is CC(C)c1cc(-c2ccccc2)cc(C(C)C)c1-n1ccnc1-c1cccc(O)c1. The number of hydrogen-bond donors (Lipinski definition) is 1. The van der Waals surface area contributed by atoms with Crippen LogP contribution in [0, 0.1) is 0 Å². The maximum absolute atomic E-state index is 9.98. The average molecular weight is 397 g/mol. The molecule has 0 fully saturated rings. The third-order valence-corrected chi connectivity index (χ3v) is 5.51. The first-order chi connectivity index (χ1) is 14.5. The van der Waals surface area contributed by atoms with E-state index < -0.39 is 0 Å². The van der Waals surface area contributed by atoms with Crippen molar-refractivity contribution in [3.05, 3.63) is 90.3 Å². The maximum atomic E-state index is 9.98. The monoisotopic (exact) mass is 396 g/mol. The molecule has 0 radical (unpaired) electrons. The topological polar surface area (TPSA) is 38.0 Å². The van der Waals surface area contributed by atoms with Gasteiger partial charge in [0.25, 0.3) is 0 Å². The van der Waals surface area contributed by atoms with Gasteiger partial charge in [0.15, 0.2) is 0 Å². The molecule has 1 aromatic heterocycles. The smallest absolute Gasteiger partial charge is 0.144 e. The van der Waals surface area contributed by atoms with Gasteiger partial charge in [0.05, 0.1) is 5.69 Å². The van der Waals surface area contributed by atoms with Crippen molar-refractivity contribution in [3.8, 4) is 34.0 Å². The minimum atomic E-state index is 0.245. The fourth-order valence-corrected chi connectivity index (χ4v) is 3.98. The minimum Gasteiger partial charge on any atom is -0.508 e. The molecule has 1 heterocycles. The highest BCUT2D eigenvalue weighted by atomic mass is 16.3. The second kappa shape index (κ2) is 8.19. The number of benzene rings is 3. The van der Waals surface area contributed by atoms with Crippen LogP contribution in [0.1, 0.15) is 50.7 Å². The van der Waals surface area contributed by atoms with Crippen LogP contribution >= 0.6 is 0 Å². The van der Waals surface area contributed by atoms with Gasteiger partial charge in [-0.05, 0) is 58.4 Å². The van der Waals surface area contributed by atoms with Gasteiger partial charge in [0.1, 0.15) is 11.6 Å². The fraction of sp³-hybridized carbons (Fsp3) is 0.222. The molecule has 0 spiro atoms. The van der Waals surface area contributed by atoms with Gasteiger partial charge in [-0.15, -0.1) is 0 Å².